The molecule has 0 heterocycles. The molecule has 1 aromatic carbocycles. The van der Waals surface area contributed by atoms with Crippen LogP contribution in [0.5, 0.6) is 0 Å². The smallest absolute Gasteiger partial charge is 0.272 e. The van der Waals surface area contributed by atoms with Crippen LogP contribution < -0.4 is 5.84 Å². The average molecular weight is 247 g/mol. The maximum absolute atomic E-state index is 11.6. The van der Waals surface area contributed by atoms with E-state index in [0.29, 0.717) is 5.01 Å². The zero-order chi connectivity index (χ0) is 11.4. The van der Waals surface area contributed by atoms with E-state index in [9.17, 15) is 9.59 Å². The second kappa shape index (κ2) is 5.11. The minimum Gasteiger partial charge on any atom is -0.272 e. The van der Waals surface area contributed by atoms with Gasteiger partial charge in [0.2, 0.25) is 0 Å². The summed E-state index contributed by atoms with van der Waals surface area (Å²) in [5.74, 6) is 3.56. The molecular weight excluding hydrogens is 239 g/mol. The average Bonchev–Trinajstić information content (AvgIpc) is 2.26. The van der Waals surface area contributed by atoms with Gasteiger partial charge in [-0.2, -0.15) is 0 Å². The molecule has 0 radical (unpaired) electrons. The van der Waals surface area contributed by atoms with Crippen molar-refractivity contribution in [1.82, 2.24) is 5.01 Å². The van der Waals surface area contributed by atoms with Gasteiger partial charge < -0.3 is 0 Å². The minimum atomic E-state index is -0.679. The molecule has 0 fully saturated rings. The van der Waals surface area contributed by atoms with E-state index in [2.05, 4.69) is 0 Å². The van der Waals surface area contributed by atoms with Crippen molar-refractivity contribution in [3.05, 3.63) is 34.9 Å². The number of hydrogen-bond acceptors (Lipinski definition) is 3. The number of alkyl halides is 1. The largest absolute Gasteiger partial charge is 0.276 e. The van der Waals surface area contributed by atoms with E-state index in [0.717, 1.165) is 0 Å². The van der Waals surface area contributed by atoms with Gasteiger partial charge in [-0.05, 0) is 12.1 Å². The number of benzene rings is 1. The van der Waals surface area contributed by atoms with E-state index < -0.39 is 11.8 Å². The Bertz CT molecular complexity index is 395. The van der Waals surface area contributed by atoms with Crippen molar-refractivity contribution in [1.29, 1.82) is 0 Å². The lowest BCUT2D eigenvalue weighted by atomic mass is 10.2. The normalized spacial score (nSPS) is 9.80. The monoisotopic (exact) mass is 246 g/mol. The molecule has 0 atom stereocenters. The molecule has 0 spiro atoms. The van der Waals surface area contributed by atoms with Crippen LogP contribution >= 0.6 is 23.2 Å². The topological polar surface area (TPSA) is 63.4 Å². The number of nitrogens with two attached hydrogens (primary N) is 1. The molecule has 0 aliphatic heterocycles. The fraction of sp³-hybridized carbons (Fsp3) is 0.111. The Labute approximate surface area is 96.5 Å². The van der Waals surface area contributed by atoms with Crippen LogP contribution in [0.3, 0.4) is 0 Å². The van der Waals surface area contributed by atoms with E-state index in [1.54, 1.807) is 12.1 Å². The van der Waals surface area contributed by atoms with Crippen LogP contribution in [0, 0.1) is 0 Å². The third kappa shape index (κ3) is 2.68. The Kier molecular flexibility index (Phi) is 4.08. The number of hydrazine groups is 1. The fourth-order valence-corrected chi connectivity index (χ4v) is 1.29. The van der Waals surface area contributed by atoms with Crippen LogP contribution in [0.4, 0.5) is 0 Å². The van der Waals surface area contributed by atoms with Crippen molar-refractivity contribution in [2.24, 2.45) is 5.84 Å². The summed E-state index contributed by atoms with van der Waals surface area (Å²) >= 11 is 11.0. The second-order valence-corrected chi connectivity index (χ2v) is 3.36. The summed E-state index contributed by atoms with van der Waals surface area (Å²) in [5.41, 5.74) is 0.167. The highest BCUT2D eigenvalue weighted by molar-refractivity contribution is 6.34. The van der Waals surface area contributed by atoms with E-state index in [1.807, 2.05) is 0 Å². The fourth-order valence-electron chi connectivity index (χ4n) is 0.942. The zero-order valence-electron chi connectivity index (χ0n) is 7.61. The standard InChI is InChI=1S/C9H8Cl2N2O2/c10-5-8(14)13(12)9(15)6-3-1-2-4-7(6)11/h1-4H,5,12H2. The number of halogens is 2. The number of hydrogen-bond donors (Lipinski definition) is 1. The SMILES string of the molecule is NN(C(=O)CCl)C(=O)c1ccccc1Cl. The van der Waals surface area contributed by atoms with Gasteiger partial charge in [0.1, 0.15) is 5.88 Å². The second-order valence-electron chi connectivity index (χ2n) is 2.68. The van der Waals surface area contributed by atoms with E-state index in [-0.39, 0.29) is 16.5 Å². The summed E-state index contributed by atoms with van der Waals surface area (Å²) < 4.78 is 0. The van der Waals surface area contributed by atoms with Gasteiger partial charge in [-0.1, -0.05) is 23.7 Å². The van der Waals surface area contributed by atoms with Gasteiger partial charge in [-0.15, -0.1) is 11.6 Å². The Morgan fingerprint density at radius 1 is 1.33 bits per heavy atom. The molecule has 4 nitrogen and oxygen atoms in total. The number of amides is 2. The number of imide groups is 1. The first kappa shape index (κ1) is 12.0. The van der Waals surface area contributed by atoms with Gasteiger partial charge in [0.05, 0.1) is 10.6 Å². The maximum atomic E-state index is 11.6. The molecule has 0 aliphatic rings. The van der Waals surface area contributed by atoms with Gasteiger partial charge in [0, 0.05) is 0 Å². The number of carbonyl (C=O) groups is 2. The first-order valence-corrected chi connectivity index (χ1v) is 4.91. The molecule has 15 heavy (non-hydrogen) atoms. The number of carbonyl (C=O) groups excluding carboxylic acids is 2. The Balaban J connectivity index is 2.95. The minimum absolute atomic E-state index is 0.167. The molecule has 0 saturated carbocycles. The van der Waals surface area contributed by atoms with E-state index >= 15 is 0 Å². The van der Waals surface area contributed by atoms with Crippen LogP contribution in [0.2, 0.25) is 5.02 Å². The third-order valence-electron chi connectivity index (χ3n) is 1.71. The van der Waals surface area contributed by atoms with Crippen molar-refractivity contribution in [2.75, 3.05) is 5.88 Å². The van der Waals surface area contributed by atoms with Gasteiger partial charge in [0.15, 0.2) is 0 Å². The van der Waals surface area contributed by atoms with Crippen molar-refractivity contribution >= 4 is 35.0 Å². The lowest BCUT2D eigenvalue weighted by Gasteiger charge is -2.13. The molecular formula is C9H8Cl2N2O2. The number of nitrogens with zero attached hydrogens (tertiary/aromatic N) is 1. The van der Waals surface area contributed by atoms with Crippen LogP contribution in [-0.2, 0) is 4.79 Å². The first-order valence-electron chi connectivity index (χ1n) is 4.00. The molecule has 2 amide bonds. The van der Waals surface area contributed by atoms with Crippen LogP contribution in [0.25, 0.3) is 0 Å². The summed E-state index contributed by atoms with van der Waals surface area (Å²) in [7, 11) is 0. The molecule has 80 valence electrons. The Morgan fingerprint density at radius 3 is 2.47 bits per heavy atom. The Hall–Kier alpha value is -1.10. The predicted molar refractivity (Wildman–Crippen MR) is 57.5 cm³/mol. The Morgan fingerprint density at radius 2 is 1.93 bits per heavy atom. The van der Waals surface area contributed by atoms with Gasteiger partial charge in [-0.25, -0.2) is 10.9 Å². The molecule has 2 N–H and O–H groups in total. The van der Waals surface area contributed by atoms with Crippen LogP contribution in [0.15, 0.2) is 24.3 Å². The van der Waals surface area contributed by atoms with E-state index in [1.165, 1.54) is 12.1 Å². The third-order valence-corrected chi connectivity index (χ3v) is 2.26. The highest BCUT2D eigenvalue weighted by Gasteiger charge is 2.20. The lowest BCUT2D eigenvalue weighted by molar-refractivity contribution is -0.126. The summed E-state index contributed by atoms with van der Waals surface area (Å²) in [4.78, 5) is 22.6. The molecule has 0 unspecified atom stereocenters. The first-order chi connectivity index (χ1) is 7.07. The molecule has 0 aromatic heterocycles. The van der Waals surface area contributed by atoms with Crippen molar-refractivity contribution in [3.63, 3.8) is 0 Å². The molecule has 0 bridgehead atoms. The molecule has 0 aliphatic carbocycles. The molecule has 1 rings (SSSR count). The summed E-state index contributed by atoms with van der Waals surface area (Å²) in [6.07, 6.45) is 0. The molecule has 6 heteroatoms. The summed E-state index contributed by atoms with van der Waals surface area (Å²) in [6, 6.07) is 6.31. The highest BCUT2D eigenvalue weighted by atomic mass is 35.5. The highest BCUT2D eigenvalue weighted by Crippen LogP contribution is 2.16. The van der Waals surface area contributed by atoms with E-state index in [4.69, 9.17) is 29.0 Å². The van der Waals surface area contributed by atoms with Crippen molar-refractivity contribution < 1.29 is 9.59 Å². The predicted octanol–water partition coefficient (Wildman–Crippen LogP) is 1.42. The van der Waals surface area contributed by atoms with Crippen LogP contribution in [-0.4, -0.2) is 22.7 Å². The molecule has 0 saturated heterocycles. The van der Waals surface area contributed by atoms with Crippen molar-refractivity contribution in [2.45, 2.75) is 0 Å². The quantitative estimate of drug-likeness (QED) is 0.372. The lowest BCUT2D eigenvalue weighted by Crippen LogP contribution is -2.43. The van der Waals surface area contributed by atoms with Crippen LogP contribution in [0.1, 0.15) is 10.4 Å². The summed E-state index contributed by atoms with van der Waals surface area (Å²) in [5, 5.41) is 0.689. The van der Waals surface area contributed by atoms with Gasteiger partial charge in [-0.3, -0.25) is 9.59 Å². The maximum Gasteiger partial charge on any atom is 0.276 e. The van der Waals surface area contributed by atoms with Gasteiger partial charge in [0.25, 0.3) is 11.8 Å². The summed E-state index contributed by atoms with van der Waals surface area (Å²) in [6.45, 7) is 0. The van der Waals surface area contributed by atoms with Gasteiger partial charge >= 0.3 is 0 Å². The molecule has 1 aromatic rings. The number of rotatable bonds is 2. The van der Waals surface area contributed by atoms with Crippen molar-refractivity contribution in [3.8, 4) is 0 Å². The zero-order valence-corrected chi connectivity index (χ0v) is 9.13.